The van der Waals surface area contributed by atoms with E-state index in [1.165, 1.54) is 0 Å². The van der Waals surface area contributed by atoms with Gasteiger partial charge in [0, 0.05) is 17.7 Å². The van der Waals surface area contributed by atoms with E-state index in [1.807, 2.05) is 38.3 Å². The average molecular weight is 478 g/mol. The lowest BCUT2D eigenvalue weighted by Crippen LogP contribution is -2.45. The van der Waals surface area contributed by atoms with Crippen molar-refractivity contribution in [3.63, 3.8) is 0 Å². The first-order chi connectivity index (χ1) is 15.4. The van der Waals surface area contributed by atoms with Crippen molar-refractivity contribution in [1.29, 1.82) is 0 Å². The molecule has 0 bridgehead atoms. The number of allylic oxidation sites excluding steroid dienone is 1. The Morgan fingerprint density at radius 1 is 1.24 bits per heavy atom. The van der Waals surface area contributed by atoms with E-state index in [9.17, 15) is 19.8 Å². The smallest absolute Gasteiger partial charge is 0.309 e. The van der Waals surface area contributed by atoms with E-state index in [0.717, 1.165) is 35.5 Å². The van der Waals surface area contributed by atoms with Crippen molar-refractivity contribution in [2.45, 2.75) is 92.0 Å². The van der Waals surface area contributed by atoms with Crippen LogP contribution in [-0.2, 0) is 14.3 Å². The highest BCUT2D eigenvalue weighted by Gasteiger charge is 2.42. The molecule has 0 unspecified atom stereocenters. The highest BCUT2D eigenvalue weighted by molar-refractivity contribution is 7.09. The number of ether oxygens (including phenoxy) is 1. The van der Waals surface area contributed by atoms with Gasteiger partial charge in [0.2, 0.25) is 0 Å². The minimum Gasteiger partial charge on any atom is -0.457 e. The summed E-state index contributed by atoms with van der Waals surface area (Å²) in [4.78, 5) is 30.3. The van der Waals surface area contributed by atoms with Gasteiger partial charge in [-0.15, -0.1) is 11.3 Å². The second-order valence-electron chi connectivity index (χ2n) is 9.86. The van der Waals surface area contributed by atoms with Crippen LogP contribution >= 0.6 is 11.3 Å². The number of aliphatic hydroxyl groups is 2. The molecule has 0 aromatic carbocycles. The van der Waals surface area contributed by atoms with Gasteiger partial charge in [-0.3, -0.25) is 9.59 Å². The number of hydrogen-bond donors (Lipinski definition) is 2. The Balaban J connectivity index is 2.27. The number of thiazole rings is 1. The summed E-state index contributed by atoms with van der Waals surface area (Å²) in [5.41, 5.74) is 0.513. The molecule has 0 aliphatic carbocycles. The van der Waals surface area contributed by atoms with Crippen molar-refractivity contribution in [2.24, 2.45) is 17.3 Å². The topological polar surface area (TPSA) is 96.7 Å². The van der Waals surface area contributed by atoms with Gasteiger partial charge in [0.15, 0.2) is 0 Å². The molecule has 0 saturated carbocycles. The number of esters is 1. The molecule has 1 aliphatic heterocycles. The van der Waals surface area contributed by atoms with Gasteiger partial charge in [-0.2, -0.15) is 0 Å². The van der Waals surface area contributed by atoms with Gasteiger partial charge in [0.25, 0.3) is 0 Å². The summed E-state index contributed by atoms with van der Waals surface area (Å²) < 4.78 is 5.75. The fraction of sp³-hybridized carbons (Fsp3) is 0.654. The summed E-state index contributed by atoms with van der Waals surface area (Å²) in [5, 5.41) is 24.4. The van der Waals surface area contributed by atoms with Crippen molar-refractivity contribution < 1.29 is 24.5 Å². The van der Waals surface area contributed by atoms with Crippen LogP contribution in [0.3, 0.4) is 0 Å². The summed E-state index contributed by atoms with van der Waals surface area (Å²) >= 11 is 1.56. The van der Waals surface area contributed by atoms with Crippen LogP contribution in [0.25, 0.3) is 6.08 Å². The van der Waals surface area contributed by atoms with Crippen LogP contribution in [0.1, 0.15) is 77.4 Å². The number of carbonyl (C=O) groups is 2. The lowest BCUT2D eigenvalue weighted by molar-refractivity contribution is -0.154. The van der Waals surface area contributed by atoms with Gasteiger partial charge in [-0.25, -0.2) is 4.98 Å². The second kappa shape index (κ2) is 12.0. The minimum atomic E-state index is -1.21. The van der Waals surface area contributed by atoms with Gasteiger partial charge >= 0.3 is 5.97 Å². The van der Waals surface area contributed by atoms with E-state index in [2.05, 4.69) is 11.1 Å². The van der Waals surface area contributed by atoms with Gasteiger partial charge < -0.3 is 14.9 Å². The van der Waals surface area contributed by atoms with Crippen LogP contribution in [0.15, 0.2) is 23.1 Å². The van der Waals surface area contributed by atoms with Gasteiger partial charge in [-0.1, -0.05) is 39.8 Å². The number of aryl methyl sites for hydroxylation is 1. The fourth-order valence-corrected chi connectivity index (χ4v) is 4.75. The first kappa shape index (κ1) is 27.4. The maximum atomic E-state index is 13.1. The van der Waals surface area contributed by atoms with Gasteiger partial charge in [-0.05, 0) is 50.7 Å². The van der Waals surface area contributed by atoms with Crippen molar-refractivity contribution in [3.05, 3.63) is 33.8 Å². The molecule has 6 nitrogen and oxygen atoms in total. The monoisotopic (exact) mass is 477 g/mol. The maximum absolute atomic E-state index is 13.1. The summed E-state index contributed by atoms with van der Waals surface area (Å²) in [5.74, 6) is -1.48. The average Bonchev–Trinajstić information content (AvgIpc) is 3.16. The summed E-state index contributed by atoms with van der Waals surface area (Å²) in [6, 6.07) is 0. The number of aromatic nitrogens is 1. The molecule has 0 spiro atoms. The zero-order valence-corrected chi connectivity index (χ0v) is 21.5. The number of aliphatic hydroxyl groups excluding tert-OH is 2. The van der Waals surface area contributed by atoms with Gasteiger partial charge in [0.05, 0.1) is 34.7 Å². The Morgan fingerprint density at radius 2 is 1.94 bits per heavy atom. The Hall–Kier alpha value is -1.83. The van der Waals surface area contributed by atoms with E-state index >= 15 is 0 Å². The third-order valence-electron chi connectivity index (χ3n) is 6.68. The molecule has 0 radical (unpaired) electrons. The highest BCUT2D eigenvalue weighted by Crippen LogP contribution is 2.32. The number of hydrogen-bond acceptors (Lipinski definition) is 7. The van der Waals surface area contributed by atoms with Crippen LogP contribution in [0, 0.1) is 24.2 Å². The zero-order chi connectivity index (χ0) is 24.8. The largest absolute Gasteiger partial charge is 0.457 e. The summed E-state index contributed by atoms with van der Waals surface area (Å²) in [6.45, 7) is 10.8. The molecule has 1 aromatic rings. The zero-order valence-electron chi connectivity index (χ0n) is 20.7. The normalized spacial score (nSPS) is 31.8. The van der Waals surface area contributed by atoms with E-state index in [1.54, 1.807) is 32.1 Å². The maximum Gasteiger partial charge on any atom is 0.309 e. The number of nitrogens with zero attached hydrogens (tertiary/aromatic N) is 1. The SMILES string of the molecule is C/C(=C\c1csc(C)n1)[C@@H]1C/C=C/CCC[C@@H](C)[C@H](O)[C@@H](C)C(=O)C(C)(C)[C@@H](O)CC(=O)O1. The van der Waals surface area contributed by atoms with Crippen LogP contribution in [-0.4, -0.2) is 45.3 Å². The molecule has 33 heavy (non-hydrogen) atoms. The van der Waals surface area contributed by atoms with Crippen LogP contribution in [0.5, 0.6) is 0 Å². The molecule has 2 heterocycles. The molecular weight excluding hydrogens is 438 g/mol. The quantitative estimate of drug-likeness (QED) is 0.466. The molecule has 1 aliphatic rings. The minimum absolute atomic E-state index is 0.0392. The highest BCUT2D eigenvalue weighted by atomic mass is 32.1. The van der Waals surface area contributed by atoms with Crippen molar-refractivity contribution >= 4 is 29.2 Å². The third-order valence-corrected chi connectivity index (χ3v) is 7.47. The van der Waals surface area contributed by atoms with E-state index in [-0.39, 0.29) is 18.1 Å². The number of rotatable bonds is 2. The fourth-order valence-electron chi connectivity index (χ4n) is 4.18. The molecule has 2 N–H and O–H groups in total. The standard InChI is InChI=1S/C26H39NO5S/c1-16-11-9-7-8-10-12-21(17(2)13-20-15-33-19(4)27-20)32-23(29)14-22(28)26(5,6)25(31)18(3)24(16)30/h8,10,13,15-16,18,21-22,24,28,30H,7,9,11-12,14H2,1-6H3/b10-8+,17-13+/t16-,18-,21+,22+,24+/m1/s1. The molecule has 0 fully saturated rings. The van der Waals surface area contributed by atoms with Crippen molar-refractivity contribution in [1.82, 2.24) is 4.98 Å². The first-order valence-corrected chi connectivity index (χ1v) is 12.7. The van der Waals surface area contributed by atoms with E-state index in [4.69, 9.17) is 4.74 Å². The number of cyclic esters (lactones) is 1. The number of carbonyl (C=O) groups excluding carboxylic acids is 2. The Kier molecular flexibility index (Phi) is 10.0. The molecule has 0 saturated heterocycles. The van der Waals surface area contributed by atoms with E-state index in [0.29, 0.717) is 6.42 Å². The van der Waals surface area contributed by atoms with Crippen molar-refractivity contribution in [3.8, 4) is 0 Å². The Bertz CT molecular complexity index is 872. The number of ketones is 1. The van der Waals surface area contributed by atoms with Crippen LogP contribution < -0.4 is 0 Å². The molecule has 184 valence electrons. The second-order valence-corrected chi connectivity index (χ2v) is 10.9. The Morgan fingerprint density at radius 3 is 2.58 bits per heavy atom. The molecule has 2 rings (SSSR count). The third kappa shape index (κ3) is 7.59. The summed E-state index contributed by atoms with van der Waals surface area (Å²) in [7, 11) is 0. The predicted molar refractivity (Wildman–Crippen MR) is 132 cm³/mol. The molecule has 5 atom stereocenters. The summed E-state index contributed by atoms with van der Waals surface area (Å²) in [6.07, 6.45) is 6.28. The molecular formula is C26H39NO5S. The Labute approximate surface area is 201 Å². The number of Topliss-reactive ketones (excluding diaryl/α,β-unsaturated/α-hetero) is 1. The first-order valence-electron chi connectivity index (χ1n) is 11.8. The molecule has 1 aromatic heterocycles. The lowest BCUT2D eigenvalue weighted by Gasteiger charge is -2.34. The van der Waals surface area contributed by atoms with E-state index < -0.39 is 35.6 Å². The lowest BCUT2D eigenvalue weighted by atomic mass is 9.73. The van der Waals surface area contributed by atoms with Gasteiger partial charge in [0.1, 0.15) is 11.9 Å². The van der Waals surface area contributed by atoms with Crippen LogP contribution in [0.2, 0.25) is 0 Å². The molecule has 0 amide bonds. The molecule has 7 heteroatoms. The van der Waals surface area contributed by atoms with Crippen molar-refractivity contribution in [2.75, 3.05) is 0 Å². The predicted octanol–water partition coefficient (Wildman–Crippen LogP) is 4.88. The van der Waals surface area contributed by atoms with Crippen LogP contribution in [0.4, 0.5) is 0 Å².